The Hall–Kier alpha value is -1.20. The van der Waals surface area contributed by atoms with Crippen molar-refractivity contribution < 1.29 is 14.6 Å². The van der Waals surface area contributed by atoms with E-state index in [4.69, 9.17) is 15.6 Å². The number of carboxylic acid groups (broad SMARTS) is 1. The fourth-order valence-corrected chi connectivity index (χ4v) is 2.33. The number of hydrogen-bond donors (Lipinski definition) is 2. The summed E-state index contributed by atoms with van der Waals surface area (Å²) in [5, 5.41) is 8.72. The van der Waals surface area contributed by atoms with Crippen LogP contribution in [0.4, 0.5) is 0 Å². The molecule has 0 bridgehead atoms. The van der Waals surface area contributed by atoms with Gasteiger partial charge in [-0.1, -0.05) is 0 Å². The van der Waals surface area contributed by atoms with Gasteiger partial charge in [-0.15, -0.1) is 11.8 Å². The van der Waals surface area contributed by atoms with E-state index < -0.39 is 12.0 Å². The lowest BCUT2D eigenvalue weighted by molar-refractivity contribution is -0.137. The number of methoxy groups -OCH3 is 1. The van der Waals surface area contributed by atoms with Crippen LogP contribution in [0.1, 0.15) is 11.1 Å². The average Bonchev–Trinajstić information content (AvgIpc) is 2.29. The van der Waals surface area contributed by atoms with Gasteiger partial charge in [0, 0.05) is 10.6 Å². The van der Waals surface area contributed by atoms with Crippen LogP contribution in [-0.4, -0.2) is 30.0 Å². The molecule has 94 valence electrons. The maximum atomic E-state index is 10.6. The summed E-state index contributed by atoms with van der Waals surface area (Å²) in [6, 6.07) is 3.09. The summed E-state index contributed by atoms with van der Waals surface area (Å²) in [7, 11) is 1.60. The quantitative estimate of drug-likeness (QED) is 0.785. The van der Waals surface area contributed by atoms with Gasteiger partial charge in [0.15, 0.2) is 0 Å². The minimum atomic E-state index is -0.986. The third kappa shape index (κ3) is 3.64. The number of aliphatic carboxylic acids is 1. The van der Waals surface area contributed by atoms with Crippen molar-refractivity contribution in [2.45, 2.75) is 24.8 Å². The van der Waals surface area contributed by atoms with Gasteiger partial charge in [0.05, 0.1) is 7.11 Å². The van der Waals surface area contributed by atoms with Crippen LogP contribution in [0.5, 0.6) is 5.75 Å². The topological polar surface area (TPSA) is 72.5 Å². The molecule has 1 rings (SSSR count). The Morgan fingerprint density at radius 1 is 1.47 bits per heavy atom. The summed E-state index contributed by atoms with van der Waals surface area (Å²) in [5.74, 6) is 0.102. The second-order valence-electron chi connectivity index (χ2n) is 3.84. The first-order valence-electron chi connectivity index (χ1n) is 5.22. The zero-order valence-electron chi connectivity index (χ0n) is 10.2. The van der Waals surface area contributed by atoms with E-state index in [-0.39, 0.29) is 0 Å². The first-order chi connectivity index (χ1) is 7.95. The molecule has 17 heavy (non-hydrogen) atoms. The molecule has 0 amide bonds. The van der Waals surface area contributed by atoms with Crippen molar-refractivity contribution in [2.75, 3.05) is 12.9 Å². The van der Waals surface area contributed by atoms with Crippen LogP contribution in [-0.2, 0) is 4.79 Å². The number of carboxylic acids is 1. The van der Waals surface area contributed by atoms with Crippen LogP contribution >= 0.6 is 11.8 Å². The lowest BCUT2D eigenvalue weighted by atomic mass is 10.1. The molecule has 0 aromatic heterocycles. The summed E-state index contributed by atoms with van der Waals surface area (Å²) in [5.41, 5.74) is 7.76. The van der Waals surface area contributed by atoms with Gasteiger partial charge in [-0.3, -0.25) is 4.79 Å². The van der Waals surface area contributed by atoms with Crippen molar-refractivity contribution in [3.63, 3.8) is 0 Å². The van der Waals surface area contributed by atoms with Gasteiger partial charge in [0.1, 0.15) is 11.8 Å². The minimum absolute atomic E-state index is 0.328. The molecular formula is C12H17NO3S. The molecule has 0 aliphatic heterocycles. The van der Waals surface area contributed by atoms with Crippen molar-refractivity contribution in [3.8, 4) is 5.75 Å². The van der Waals surface area contributed by atoms with Crippen LogP contribution in [0.15, 0.2) is 17.0 Å². The zero-order chi connectivity index (χ0) is 13.0. The summed E-state index contributed by atoms with van der Waals surface area (Å²) < 4.78 is 5.26. The second-order valence-corrected chi connectivity index (χ2v) is 4.90. The van der Waals surface area contributed by atoms with E-state index in [1.807, 2.05) is 26.0 Å². The number of ether oxygens (including phenoxy) is 1. The standard InChI is InChI=1S/C12H17NO3S/c1-7-4-10(16-3)11(5-8(7)2)17-6-9(13)12(14)15/h4-5,9H,6,13H2,1-3H3,(H,14,15). The van der Waals surface area contributed by atoms with Gasteiger partial charge >= 0.3 is 5.97 Å². The normalized spacial score (nSPS) is 12.2. The van der Waals surface area contributed by atoms with Gasteiger partial charge < -0.3 is 15.6 Å². The number of hydrogen-bond acceptors (Lipinski definition) is 4. The van der Waals surface area contributed by atoms with Crippen molar-refractivity contribution in [2.24, 2.45) is 5.73 Å². The number of thioether (sulfide) groups is 1. The SMILES string of the molecule is COc1cc(C)c(C)cc1SCC(N)C(=O)O. The van der Waals surface area contributed by atoms with E-state index in [0.29, 0.717) is 5.75 Å². The Morgan fingerprint density at radius 2 is 2.06 bits per heavy atom. The van der Waals surface area contributed by atoms with Crippen molar-refractivity contribution in [3.05, 3.63) is 23.3 Å². The van der Waals surface area contributed by atoms with E-state index in [0.717, 1.165) is 21.8 Å². The summed E-state index contributed by atoms with van der Waals surface area (Å²) >= 11 is 1.40. The van der Waals surface area contributed by atoms with E-state index in [1.165, 1.54) is 11.8 Å². The Balaban J connectivity index is 2.83. The van der Waals surface area contributed by atoms with Gasteiger partial charge in [-0.05, 0) is 37.1 Å². The number of nitrogens with two attached hydrogens (primary N) is 1. The molecule has 0 aliphatic carbocycles. The molecule has 3 N–H and O–H groups in total. The van der Waals surface area contributed by atoms with Gasteiger partial charge in [-0.2, -0.15) is 0 Å². The fourth-order valence-electron chi connectivity index (χ4n) is 1.29. The van der Waals surface area contributed by atoms with E-state index in [9.17, 15) is 4.79 Å². The highest BCUT2D eigenvalue weighted by atomic mass is 32.2. The molecule has 1 atom stereocenters. The molecule has 5 heteroatoms. The fraction of sp³-hybridized carbons (Fsp3) is 0.417. The number of carbonyl (C=O) groups is 1. The van der Waals surface area contributed by atoms with Gasteiger partial charge in [-0.25, -0.2) is 0 Å². The summed E-state index contributed by atoms with van der Waals surface area (Å²) in [4.78, 5) is 11.5. The van der Waals surface area contributed by atoms with Crippen molar-refractivity contribution >= 4 is 17.7 Å². The van der Waals surface area contributed by atoms with Crippen LogP contribution < -0.4 is 10.5 Å². The Labute approximate surface area is 105 Å². The molecular weight excluding hydrogens is 238 g/mol. The highest BCUT2D eigenvalue weighted by molar-refractivity contribution is 7.99. The summed E-state index contributed by atoms with van der Waals surface area (Å²) in [6.45, 7) is 4.02. The van der Waals surface area contributed by atoms with E-state index in [1.54, 1.807) is 7.11 Å². The number of benzene rings is 1. The molecule has 0 spiro atoms. The Morgan fingerprint density at radius 3 is 2.59 bits per heavy atom. The first kappa shape index (κ1) is 13.9. The van der Waals surface area contributed by atoms with Crippen LogP contribution in [0, 0.1) is 13.8 Å². The van der Waals surface area contributed by atoms with Crippen molar-refractivity contribution in [1.29, 1.82) is 0 Å². The molecule has 0 saturated heterocycles. The molecule has 0 saturated carbocycles. The molecule has 0 fully saturated rings. The predicted molar refractivity (Wildman–Crippen MR) is 68.8 cm³/mol. The Bertz CT molecular complexity index is 420. The highest BCUT2D eigenvalue weighted by Gasteiger charge is 2.14. The third-order valence-corrected chi connectivity index (χ3v) is 3.67. The van der Waals surface area contributed by atoms with Crippen LogP contribution in [0.2, 0.25) is 0 Å². The zero-order valence-corrected chi connectivity index (χ0v) is 11.0. The minimum Gasteiger partial charge on any atom is -0.496 e. The molecule has 0 radical (unpaired) electrons. The van der Waals surface area contributed by atoms with Gasteiger partial charge in [0.2, 0.25) is 0 Å². The molecule has 1 aromatic carbocycles. The smallest absolute Gasteiger partial charge is 0.321 e. The van der Waals surface area contributed by atoms with Crippen molar-refractivity contribution in [1.82, 2.24) is 0 Å². The van der Waals surface area contributed by atoms with Crippen LogP contribution in [0.3, 0.4) is 0 Å². The number of rotatable bonds is 5. The second kappa shape index (κ2) is 5.93. The average molecular weight is 255 g/mol. The largest absolute Gasteiger partial charge is 0.496 e. The monoisotopic (exact) mass is 255 g/mol. The van der Waals surface area contributed by atoms with E-state index in [2.05, 4.69) is 0 Å². The highest BCUT2D eigenvalue weighted by Crippen LogP contribution is 2.32. The molecule has 1 aromatic rings. The number of aryl methyl sites for hydroxylation is 2. The summed E-state index contributed by atoms with van der Waals surface area (Å²) in [6.07, 6.45) is 0. The maximum absolute atomic E-state index is 10.6. The third-order valence-electron chi connectivity index (χ3n) is 2.52. The maximum Gasteiger partial charge on any atom is 0.321 e. The first-order valence-corrected chi connectivity index (χ1v) is 6.20. The lowest BCUT2D eigenvalue weighted by Crippen LogP contribution is -2.32. The molecule has 4 nitrogen and oxygen atoms in total. The van der Waals surface area contributed by atoms with E-state index >= 15 is 0 Å². The van der Waals surface area contributed by atoms with Crippen LogP contribution in [0.25, 0.3) is 0 Å². The lowest BCUT2D eigenvalue weighted by Gasteiger charge is -2.12. The molecule has 1 unspecified atom stereocenters. The Kier molecular flexibility index (Phi) is 4.84. The predicted octanol–water partition coefficient (Wildman–Crippen LogP) is 1.82. The molecule has 0 heterocycles. The van der Waals surface area contributed by atoms with Gasteiger partial charge in [0.25, 0.3) is 0 Å². The molecule has 0 aliphatic rings.